The van der Waals surface area contributed by atoms with Crippen molar-refractivity contribution in [1.29, 1.82) is 0 Å². The van der Waals surface area contributed by atoms with E-state index in [9.17, 15) is 13.6 Å². The molecular formula is C27H28F4O3. The Kier molecular flexibility index (Phi) is 7.29. The molecular weight excluding hydrogens is 448 g/mol. The van der Waals surface area contributed by atoms with Gasteiger partial charge in [-0.15, -0.1) is 6.58 Å². The number of ether oxygens (including phenoxy) is 2. The van der Waals surface area contributed by atoms with Crippen LogP contribution in [0.3, 0.4) is 0 Å². The average Bonchev–Trinajstić information content (AvgIpc) is 2.83. The van der Waals surface area contributed by atoms with Crippen LogP contribution in [-0.4, -0.2) is 18.7 Å². The average molecular weight is 477 g/mol. The first-order valence-corrected chi connectivity index (χ1v) is 11.7. The van der Waals surface area contributed by atoms with E-state index in [1.165, 1.54) is 24.3 Å². The lowest BCUT2D eigenvalue weighted by Crippen LogP contribution is -2.25. The van der Waals surface area contributed by atoms with E-state index in [2.05, 4.69) is 6.58 Å². The van der Waals surface area contributed by atoms with Crippen molar-refractivity contribution < 1.29 is 31.8 Å². The van der Waals surface area contributed by atoms with Crippen LogP contribution >= 0.6 is 0 Å². The molecule has 1 fully saturated rings. The number of hydrogen-bond acceptors (Lipinski definition) is 3. The van der Waals surface area contributed by atoms with E-state index < -0.39 is 46.6 Å². The zero-order chi connectivity index (χ0) is 24.4. The third kappa shape index (κ3) is 4.44. The summed E-state index contributed by atoms with van der Waals surface area (Å²) in [6.45, 7) is 5.52. The topological polar surface area (TPSA) is 35.5 Å². The third-order valence-corrected chi connectivity index (χ3v) is 6.79. The van der Waals surface area contributed by atoms with Crippen LogP contribution in [0.25, 0.3) is 11.1 Å². The maximum atomic E-state index is 15.3. The first kappa shape index (κ1) is 24.3. The van der Waals surface area contributed by atoms with Gasteiger partial charge < -0.3 is 9.47 Å². The monoisotopic (exact) mass is 476 g/mol. The van der Waals surface area contributed by atoms with Gasteiger partial charge in [-0.25, -0.2) is 22.4 Å². The molecule has 2 aliphatic carbocycles. The molecule has 2 aromatic rings. The van der Waals surface area contributed by atoms with Crippen molar-refractivity contribution in [3.63, 3.8) is 0 Å². The molecule has 2 aliphatic rings. The molecule has 4 rings (SSSR count). The number of hydrogen-bond donors (Lipinski definition) is 0. The van der Waals surface area contributed by atoms with Crippen molar-refractivity contribution in [2.45, 2.75) is 63.9 Å². The highest BCUT2D eigenvalue weighted by Gasteiger charge is 2.40. The lowest BCUT2D eigenvalue weighted by atomic mass is 9.81. The number of benzene rings is 2. The van der Waals surface area contributed by atoms with Crippen molar-refractivity contribution in [3.05, 3.63) is 65.2 Å². The zero-order valence-corrected chi connectivity index (χ0v) is 19.1. The smallest absolute Gasteiger partial charge is 0.341 e. The van der Waals surface area contributed by atoms with Gasteiger partial charge in [-0.2, -0.15) is 0 Å². The fourth-order valence-corrected chi connectivity index (χ4v) is 5.00. The number of fused-ring (bicyclic) bond motifs is 3. The summed E-state index contributed by atoms with van der Waals surface area (Å²) in [6, 6.07) is 5.19. The number of alkyl halides is 2. The third-order valence-electron chi connectivity index (χ3n) is 6.79. The van der Waals surface area contributed by atoms with Crippen LogP contribution in [0.15, 0.2) is 36.9 Å². The van der Waals surface area contributed by atoms with Gasteiger partial charge in [0.05, 0.1) is 12.2 Å². The molecule has 3 nitrogen and oxygen atoms in total. The van der Waals surface area contributed by atoms with Crippen LogP contribution in [0.5, 0.6) is 5.75 Å². The summed E-state index contributed by atoms with van der Waals surface area (Å²) in [5, 5.41) is 0. The van der Waals surface area contributed by atoms with Gasteiger partial charge in [0.15, 0.2) is 23.9 Å². The molecule has 0 heterocycles. The summed E-state index contributed by atoms with van der Waals surface area (Å²) in [5.74, 6) is -2.73. The van der Waals surface area contributed by atoms with Gasteiger partial charge in [-0.3, -0.25) is 0 Å². The number of carbonyl (C=O) groups is 1. The minimum Gasteiger partial charge on any atom is -0.491 e. The number of halogens is 4. The Balaban J connectivity index is 1.58. The molecule has 2 atom stereocenters. The molecule has 0 aliphatic heterocycles. The van der Waals surface area contributed by atoms with Crippen LogP contribution in [0, 0.1) is 17.6 Å². The lowest BCUT2D eigenvalue weighted by Gasteiger charge is -2.29. The largest absolute Gasteiger partial charge is 0.491 e. The number of allylic oxidation sites excluding steroid dienone is 1. The molecule has 0 aromatic heterocycles. The molecule has 0 amide bonds. The van der Waals surface area contributed by atoms with Crippen molar-refractivity contribution in [1.82, 2.24) is 0 Å². The Morgan fingerprint density at radius 3 is 2.24 bits per heavy atom. The summed E-state index contributed by atoms with van der Waals surface area (Å²) in [7, 11) is 0. The Morgan fingerprint density at radius 1 is 1.00 bits per heavy atom. The van der Waals surface area contributed by atoms with Gasteiger partial charge in [0.1, 0.15) is 11.9 Å². The summed E-state index contributed by atoms with van der Waals surface area (Å²) in [5.41, 5.74) is -1.50. The van der Waals surface area contributed by atoms with Gasteiger partial charge in [0.25, 0.3) is 0 Å². The zero-order valence-electron chi connectivity index (χ0n) is 19.1. The maximum absolute atomic E-state index is 15.3. The van der Waals surface area contributed by atoms with E-state index in [1.807, 2.05) is 6.08 Å². The molecule has 0 saturated heterocycles. The van der Waals surface area contributed by atoms with Crippen molar-refractivity contribution >= 4 is 5.97 Å². The highest BCUT2D eigenvalue weighted by molar-refractivity contribution is 5.92. The van der Waals surface area contributed by atoms with Gasteiger partial charge in [0.2, 0.25) is 0 Å². The molecule has 2 unspecified atom stereocenters. The fraction of sp³-hybridized carbons (Fsp3) is 0.444. The van der Waals surface area contributed by atoms with Crippen LogP contribution in [-0.2, 0) is 4.74 Å². The summed E-state index contributed by atoms with van der Waals surface area (Å²) < 4.78 is 70.9. The Hall–Kier alpha value is -2.83. The molecule has 0 spiro atoms. The minimum absolute atomic E-state index is 0.00938. The normalized spacial score (nSPS) is 23.6. The standard InChI is InChI=1S/C27H28F4O3/c1-3-5-6-15-7-9-16(10-8-15)34-27(32)19-12-11-17-18-13-14-20(33-4-2)24(29)22(18)26(31)25(30)21(17)23(19)28/h3,11-16,25-26H,1,4-10H2,2H3. The Morgan fingerprint density at radius 2 is 1.62 bits per heavy atom. The molecule has 0 N–H and O–H groups in total. The second-order valence-electron chi connectivity index (χ2n) is 8.88. The van der Waals surface area contributed by atoms with E-state index in [-0.39, 0.29) is 29.6 Å². The summed E-state index contributed by atoms with van der Waals surface area (Å²) in [6.07, 6.45) is 1.77. The van der Waals surface area contributed by atoms with E-state index in [0.717, 1.165) is 25.7 Å². The molecule has 0 bridgehead atoms. The maximum Gasteiger partial charge on any atom is 0.341 e. The van der Waals surface area contributed by atoms with Crippen LogP contribution < -0.4 is 4.74 Å². The van der Waals surface area contributed by atoms with Crippen molar-refractivity contribution in [2.24, 2.45) is 5.92 Å². The van der Waals surface area contributed by atoms with Crippen LogP contribution in [0.1, 0.15) is 79.3 Å². The molecule has 182 valence electrons. The summed E-state index contributed by atoms with van der Waals surface area (Å²) in [4.78, 5) is 12.7. The first-order valence-electron chi connectivity index (χ1n) is 11.7. The van der Waals surface area contributed by atoms with Gasteiger partial charge in [0, 0.05) is 11.1 Å². The fourth-order valence-electron chi connectivity index (χ4n) is 5.00. The van der Waals surface area contributed by atoms with Gasteiger partial charge in [-0.05, 0) is 74.6 Å². The SMILES string of the molecule is C=CCCC1CCC(OC(=O)c2ccc3c(c2F)C(F)C(F)c2c-3ccc(OCC)c2F)CC1. The quantitative estimate of drug-likeness (QED) is 0.233. The predicted molar refractivity (Wildman–Crippen MR) is 121 cm³/mol. The van der Waals surface area contributed by atoms with Crippen LogP contribution in [0.4, 0.5) is 17.6 Å². The highest BCUT2D eigenvalue weighted by atomic mass is 19.2. The number of rotatable bonds is 7. The molecule has 34 heavy (non-hydrogen) atoms. The van der Waals surface area contributed by atoms with Crippen LogP contribution in [0.2, 0.25) is 0 Å². The first-order chi connectivity index (χ1) is 16.4. The van der Waals surface area contributed by atoms with Gasteiger partial charge >= 0.3 is 5.97 Å². The second-order valence-corrected chi connectivity index (χ2v) is 8.88. The summed E-state index contributed by atoms with van der Waals surface area (Å²) >= 11 is 0. The van der Waals surface area contributed by atoms with E-state index in [4.69, 9.17) is 9.47 Å². The van der Waals surface area contributed by atoms with E-state index in [0.29, 0.717) is 18.8 Å². The predicted octanol–water partition coefficient (Wildman–Crippen LogP) is 7.75. The molecule has 7 heteroatoms. The second kappa shape index (κ2) is 10.2. The minimum atomic E-state index is -2.47. The van der Waals surface area contributed by atoms with E-state index >= 15 is 8.78 Å². The molecule has 0 radical (unpaired) electrons. The van der Waals surface area contributed by atoms with Gasteiger partial charge in [-0.1, -0.05) is 18.2 Å². The molecule has 2 aromatic carbocycles. The molecule has 1 saturated carbocycles. The van der Waals surface area contributed by atoms with Crippen molar-refractivity contribution in [3.8, 4) is 16.9 Å². The number of carbonyl (C=O) groups excluding carboxylic acids is 1. The Bertz CT molecular complexity index is 1080. The highest BCUT2D eigenvalue weighted by Crippen LogP contribution is 2.51. The van der Waals surface area contributed by atoms with Crippen molar-refractivity contribution in [2.75, 3.05) is 6.61 Å². The Labute approximate surface area is 196 Å². The number of esters is 1. The lowest BCUT2D eigenvalue weighted by molar-refractivity contribution is 0.0157. The van der Waals surface area contributed by atoms with E-state index in [1.54, 1.807) is 6.92 Å².